The Morgan fingerprint density at radius 2 is 0.780 bits per heavy atom. The predicted molar refractivity (Wildman–Crippen MR) is 212 cm³/mol. The van der Waals surface area contributed by atoms with Gasteiger partial charge in [-0.05, 0) is 101 Å². The summed E-state index contributed by atoms with van der Waals surface area (Å²) >= 11 is 0. The first-order valence-corrected chi connectivity index (χ1v) is 17.1. The van der Waals surface area contributed by atoms with Crippen molar-refractivity contribution >= 4 is 38.9 Å². The van der Waals surface area contributed by atoms with E-state index in [4.69, 9.17) is 0 Å². The number of hydrogen-bond donors (Lipinski definition) is 0. The van der Waals surface area contributed by atoms with Gasteiger partial charge < -0.3 is 9.47 Å². The summed E-state index contributed by atoms with van der Waals surface area (Å²) in [4.78, 5) is 2.30. The summed E-state index contributed by atoms with van der Waals surface area (Å²) < 4.78 is 2.44. The zero-order chi connectivity index (χ0) is 33.3. The fraction of sp³-hybridized carbons (Fsp3) is 0. The highest BCUT2D eigenvalue weighted by Gasteiger charge is 2.19. The van der Waals surface area contributed by atoms with Crippen molar-refractivity contribution in [2.75, 3.05) is 4.90 Å². The number of benzene rings is 8. The molecule has 0 bridgehead atoms. The zero-order valence-corrected chi connectivity index (χ0v) is 27.5. The second-order valence-corrected chi connectivity index (χ2v) is 12.6. The number of hydrogen-bond acceptors (Lipinski definition) is 1. The van der Waals surface area contributed by atoms with Gasteiger partial charge in [-0.1, -0.05) is 133 Å². The fourth-order valence-corrected chi connectivity index (χ4v) is 7.21. The molecule has 1 aromatic heterocycles. The smallest absolute Gasteiger partial charge is 0.0619 e. The average molecular weight is 639 g/mol. The largest absolute Gasteiger partial charge is 0.311 e. The normalized spacial score (nSPS) is 11.2. The van der Waals surface area contributed by atoms with E-state index < -0.39 is 0 Å². The molecule has 0 saturated carbocycles. The molecule has 0 radical (unpaired) electrons. The Labute approximate surface area is 292 Å². The maximum Gasteiger partial charge on any atom is 0.0619 e. The molecule has 0 fully saturated rings. The van der Waals surface area contributed by atoms with Gasteiger partial charge in [-0.3, -0.25) is 0 Å². The Kier molecular flexibility index (Phi) is 7.53. The van der Waals surface area contributed by atoms with Gasteiger partial charge in [0.25, 0.3) is 0 Å². The summed E-state index contributed by atoms with van der Waals surface area (Å²) in [6.45, 7) is 0. The van der Waals surface area contributed by atoms with E-state index >= 15 is 0 Å². The number of aromatic nitrogens is 1. The molecule has 9 aromatic rings. The van der Waals surface area contributed by atoms with E-state index in [0.29, 0.717) is 0 Å². The van der Waals surface area contributed by atoms with E-state index in [1.165, 1.54) is 55.2 Å². The highest BCUT2D eigenvalue weighted by atomic mass is 15.1. The van der Waals surface area contributed by atoms with Gasteiger partial charge in [0.05, 0.1) is 11.0 Å². The van der Waals surface area contributed by atoms with Crippen LogP contribution in [0.1, 0.15) is 0 Å². The lowest BCUT2D eigenvalue weighted by Crippen LogP contribution is -2.09. The van der Waals surface area contributed by atoms with E-state index in [1.807, 2.05) is 0 Å². The molecule has 2 heteroatoms. The third-order valence-corrected chi connectivity index (χ3v) is 9.56. The summed E-state index contributed by atoms with van der Waals surface area (Å²) in [6, 6.07) is 74.0. The van der Waals surface area contributed by atoms with Crippen LogP contribution in [0.25, 0.3) is 60.9 Å². The number of rotatable bonds is 7. The lowest BCUT2D eigenvalue weighted by Gasteiger charge is -2.25. The van der Waals surface area contributed by atoms with Crippen molar-refractivity contribution in [1.82, 2.24) is 4.57 Å². The second-order valence-electron chi connectivity index (χ2n) is 12.6. The lowest BCUT2D eigenvalue weighted by molar-refractivity contribution is 1.18. The number of nitrogens with zero attached hydrogens (tertiary/aromatic N) is 2. The van der Waals surface area contributed by atoms with Gasteiger partial charge in [-0.2, -0.15) is 0 Å². The molecular weight excluding hydrogens is 605 g/mol. The van der Waals surface area contributed by atoms with Gasteiger partial charge in [-0.25, -0.2) is 0 Å². The summed E-state index contributed by atoms with van der Waals surface area (Å²) in [7, 11) is 0. The van der Waals surface area contributed by atoms with Crippen molar-refractivity contribution in [3.63, 3.8) is 0 Å². The van der Waals surface area contributed by atoms with Crippen molar-refractivity contribution in [1.29, 1.82) is 0 Å². The molecule has 0 N–H and O–H groups in total. The van der Waals surface area contributed by atoms with Crippen molar-refractivity contribution < 1.29 is 0 Å². The molecule has 1 heterocycles. The topological polar surface area (TPSA) is 8.17 Å². The Morgan fingerprint density at radius 3 is 1.38 bits per heavy atom. The molecule has 0 aliphatic heterocycles. The van der Waals surface area contributed by atoms with Gasteiger partial charge in [0, 0.05) is 39.1 Å². The molecule has 0 aliphatic rings. The molecule has 50 heavy (non-hydrogen) atoms. The third kappa shape index (κ3) is 5.34. The van der Waals surface area contributed by atoms with E-state index in [0.717, 1.165) is 22.7 Å². The first-order chi connectivity index (χ1) is 24.8. The van der Waals surface area contributed by atoms with Crippen molar-refractivity contribution in [2.45, 2.75) is 0 Å². The quantitative estimate of drug-likeness (QED) is 0.169. The van der Waals surface area contributed by atoms with Crippen LogP contribution in [0.3, 0.4) is 0 Å². The second kappa shape index (κ2) is 12.8. The first-order valence-electron chi connectivity index (χ1n) is 17.1. The number of fused-ring (bicyclic) bond motifs is 3. The molecule has 0 aliphatic carbocycles. The molecule has 0 unspecified atom stereocenters. The Hall–Kier alpha value is -6.64. The Balaban J connectivity index is 1.24. The number of anilines is 3. The van der Waals surface area contributed by atoms with Crippen LogP contribution < -0.4 is 4.90 Å². The van der Waals surface area contributed by atoms with Crippen molar-refractivity contribution in [3.05, 3.63) is 206 Å². The minimum Gasteiger partial charge on any atom is -0.311 e. The maximum atomic E-state index is 2.44. The van der Waals surface area contributed by atoms with Crippen LogP contribution in [0.15, 0.2) is 206 Å². The Bertz CT molecular complexity index is 2500. The molecule has 8 aromatic carbocycles. The van der Waals surface area contributed by atoms with Crippen LogP contribution in [-0.4, -0.2) is 4.57 Å². The first kappa shape index (κ1) is 29.5. The van der Waals surface area contributed by atoms with Crippen LogP contribution in [0, 0.1) is 0 Å². The summed E-state index contributed by atoms with van der Waals surface area (Å²) in [6.07, 6.45) is 0. The van der Waals surface area contributed by atoms with Gasteiger partial charge in [0.1, 0.15) is 0 Å². The molecule has 0 saturated heterocycles. The average Bonchev–Trinajstić information content (AvgIpc) is 3.53. The standard InChI is InChI=1S/C48H34N2/c1-6-16-35(17-7-1)39-33-44(37-18-8-2-9-19-37)48-46(34-39)45-32-38(28-31-47(45)50(48)42-24-14-5-15-25-42)36-26-29-43(30-27-36)49(40-20-10-3-11-21-40)41-22-12-4-13-23-41/h1-34H. The molecule has 0 amide bonds. The van der Waals surface area contributed by atoms with Crippen LogP contribution in [0.5, 0.6) is 0 Å². The molecule has 2 nitrogen and oxygen atoms in total. The highest BCUT2D eigenvalue weighted by Crippen LogP contribution is 2.43. The zero-order valence-electron chi connectivity index (χ0n) is 27.5. The van der Waals surface area contributed by atoms with E-state index in [1.54, 1.807) is 0 Å². The molecular formula is C48H34N2. The van der Waals surface area contributed by atoms with Crippen molar-refractivity contribution in [2.24, 2.45) is 0 Å². The number of para-hydroxylation sites is 3. The van der Waals surface area contributed by atoms with Crippen LogP contribution in [-0.2, 0) is 0 Å². The van der Waals surface area contributed by atoms with Gasteiger partial charge in [0.15, 0.2) is 0 Å². The summed E-state index contributed by atoms with van der Waals surface area (Å²) in [5.74, 6) is 0. The minimum atomic E-state index is 1.12. The van der Waals surface area contributed by atoms with Gasteiger partial charge in [-0.15, -0.1) is 0 Å². The predicted octanol–water partition coefficient (Wildman–Crippen LogP) is 13.3. The van der Waals surface area contributed by atoms with Crippen LogP contribution >= 0.6 is 0 Å². The monoisotopic (exact) mass is 638 g/mol. The van der Waals surface area contributed by atoms with E-state index in [2.05, 4.69) is 216 Å². The Morgan fingerprint density at radius 1 is 0.320 bits per heavy atom. The molecule has 0 spiro atoms. The summed E-state index contributed by atoms with van der Waals surface area (Å²) in [5, 5.41) is 2.47. The van der Waals surface area contributed by atoms with Crippen molar-refractivity contribution in [3.8, 4) is 39.1 Å². The summed E-state index contributed by atoms with van der Waals surface area (Å²) in [5.41, 5.74) is 14.1. The van der Waals surface area contributed by atoms with Gasteiger partial charge >= 0.3 is 0 Å². The lowest BCUT2D eigenvalue weighted by atomic mass is 9.95. The fourth-order valence-electron chi connectivity index (χ4n) is 7.21. The van der Waals surface area contributed by atoms with Gasteiger partial charge in [0.2, 0.25) is 0 Å². The SMILES string of the molecule is c1ccc(-c2cc(-c3ccccc3)c3c(c2)c2cc(-c4ccc(N(c5ccccc5)c5ccccc5)cc4)ccc2n3-c2ccccc2)cc1. The van der Waals surface area contributed by atoms with E-state index in [9.17, 15) is 0 Å². The molecule has 0 atom stereocenters. The third-order valence-electron chi connectivity index (χ3n) is 9.56. The van der Waals surface area contributed by atoms with Crippen LogP contribution in [0.2, 0.25) is 0 Å². The maximum absolute atomic E-state index is 2.44. The molecule has 236 valence electrons. The molecule has 9 rings (SSSR count). The minimum absolute atomic E-state index is 1.12. The van der Waals surface area contributed by atoms with Crippen LogP contribution in [0.4, 0.5) is 17.1 Å². The van der Waals surface area contributed by atoms with E-state index in [-0.39, 0.29) is 0 Å². The highest BCUT2D eigenvalue weighted by molar-refractivity contribution is 6.16.